The first-order valence-corrected chi connectivity index (χ1v) is 9.36. The van der Waals surface area contributed by atoms with Crippen LogP contribution in [0.25, 0.3) is 21.9 Å². The number of aryl methyl sites for hydroxylation is 1. The smallest absolute Gasteiger partial charge is 0.349 e. The second kappa shape index (κ2) is 7.39. The van der Waals surface area contributed by atoms with Crippen molar-refractivity contribution in [3.63, 3.8) is 0 Å². The molecule has 4 aromatic rings. The second-order valence-electron chi connectivity index (χ2n) is 7.21. The monoisotopic (exact) mass is 374 g/mol. The summed E-state index contributed by atoms with van der Waals surface area (Å²) in [5.41, 5.74) is 3.73. The molecule has 0 atom stereocenters. The van der Waals surface area contributed by atoms with Crippen LogP contribution >= 0.6 is 0 Å². The topological polar surface area (TPSA) is 48.7 Å². The Hall–Kier alpha value is -3.27. The zero-order chi connectivity index (χ0) is 19.7. The molecule has 4 nitrogen and oxygen atoms in total. The first-order valence-electron chi connectivity index (χ1n) is 9.36. The van der Waals surface area contributed by atoms with E-state index < -0.39 is 5.97 Å². The van der Waals surface area contributed by atoms with Crippen LogP contribution in [-0.4, -0.2) is 12.6 Å². The van der Waals surface area contributed by atoms with E-state index in [1.165, 1.54) is 0 Å². The van der Waals surface area contributed by atoms with Gasteiger partial charge in [0.2, 0.25) is 0 Å². The molecule has 0 fully saturated rings. The molecule has 0 bridgehead atoms. The fourth-order valence-electron chi connectivity index (χ4n) is 3.31. The number of fused-ring (bicyclic) bond motifs is 3. The van der Waals surface area contributed by atoms with Crippen LogP contribution in [0.2, 0.25) is 0 Å². The van der Waals surface area contributed by atoms with Gasteiger partial charge in [0.15, 0.2) is 6.61 Å². The maximum atomic E-state index is 12.3. The molecule has 1 heterocycles. The molecule has 1 aromatic heterocycles. The number of carbonyl (C=O) groups is 1. The lowest BCUT2D eigenvalue weighted by Gasteiger charge is -2.14. The minimum Gasteiger partial charge on any atom is -0.482 e. The fourth-order valence-corrected chi connectivity index (χ4v) is 3.31. The maximum absolute atomic E-state index is 12.3. The van der Waals surface area contributed by atoms with Crippen molar-refractivity contribution < 1.29 is 18.7 Å². The summed E-state index contributed by atoms with van der Waals surface area (Å²) >= 11 is 0. The van der Waals surface area contributed by atoms with E-state index in [-0.39, 0.29) is 6.61 Å². The molecule has 0 amide bonds. The van der Waals surface area contributed by atoms with E-state index in [1.807, 2.05) is 61.5 Å². The van der Waals surface area contributed by atoms with E-state index in [9.17, 15) is 4.79 Å². The molecule has 0 aliphatic heterocycles. The molecule has 0 saturated carbocycles. The van der Waals surface area contributed by atoms with Gasteiger partial charge in [-0.3, -0.25) is 0 Å². The summed E-state index contributed by atoms with van der Waals surface area (Å²) in [4.78, 5) is 12.3. The Morgan fingerprint density at radius 2 is 1.75 bits per heavy atom. The minimum absolute atomic E-state index is 0.145. The number of rotatable bonds is 5. The largest absolute Gasteiger partial charge is 0.482 e. The third-order valence-electron chi connectivity index (χ3n) is 4.72. The zero-order valence-electron chi connectivity index (χ0n) is 16.2. The van der Waals surface area contributed by atoms with Gasteiger partial charge in [-0.05, 0) is 54.3 Å². The molecule has 142 valence electrons. The van der Waals surface area contributed by atoms with E-state index in [4.69, 9.17) is 13.9 Å². The van der Waals surface area contributed by atoms with Crippen molar-refractivity contribution >= 4 is 27.9 Å². The third kappa shape index (κ3) is 3.58. The molecule has 0 saturated heterocycles. The average molecular weight is 374 g/mol. The molecule has 4 heteroatoms. The molecule has 0 unspecified atom stereocenters. The lowest BCUT2D eigenvalue weighted by atomic mass is 10.0. The van der Waals surface area contributed by atoms with Gasteiger partial charge in [0.05, 0.1) is 0 Å². The fraction of sp³-hybridized carbons (Fsp3) is 0.208. The van der Waals surface area contributed by atoms with Gasteiger partial charge >= 0.3 is 5.97 Å². The van der Waals surface area contributed by atoms with Gasteiger partial charge in [-0.2, -0.15) is 0 Å². The summed E-state index contributed by atoms with van der Waals surface area (Å²) in [6, 6.07) is 19.2. The summed E-state index contributed by atoms with van der Waals surface area (Å²) in [5, 5.41) is 1.91. The normalized spacial score (nSPS) is 11.3. The molecular weight excluding hydrogens is 352 g/mol. The quantitative estimate of drug-likeness (QED) is 0.317. The van der Waals surface area contributed by atoms with Gasteiger partial charge in [0, 0.05) is 10.8 Å². The van der Waals surface area contributed by atoms with Crippen molar-refractivity contribution in [2.75, 3.05) is 6.61 Å². The number of benzene rings is 3. The van der Waals surface area contributed by atoms with Crippen molar-refractivity contribution in [1.29, 1.82) is 0 Å². The van der Waals surface area contributed by atoms with Crippen LogP contribution in [-0.2, 0) is 4.79 Å². The zero-order valence-corrected chi connectivity index (χ0v) is 16.2. The molecule has 3 aromatic carbocycles. The number of esters is 1. The van der Waals surface area contributed by atoms with E-state index in [0.29, 0.717) is 11.7 Å². The highest BCUT2D eigenvalue weighted by Crippen LogP contribution is 2.31. The summed E-state index contributed by atoms with van der Waals surface area (Å²) in [5.74, 6) is 1.07. The molecule has 0 aliphatic carbocycles. The molecular formula is C24H22O4. The molecule has 0 N–H and O–H groups in total. The van der Waals surface area contributed by atoms with E-state index in [2.05, 4.69) is 13.8 Å². The van der Waals surface area contributed by atoms with Gasteiger partial charge in [0.25, 0.3) is 0 Å². The van der Waals surface area contributed by atoms with Crippen LogP contribution < -0.4 is 9.47 Å². The lowest BCUT2D eigenvalue weighted by Crippen LogP contribution is -2.18. The molecule has 0 radical (unpaired) electrons. The number of hydrogen-bond acceptors (Lipinski definition) is 4. The Kier molecular flexibility index (Phi) is 4.78. The van der Waals surface area contributed by atoms with Crippen molar-refractivity contribution in [3.8, 4) is 11.5 Å². The lowest BCUT2D eigenvalue weighted by molar-refractivity contribution is -0.136. The van der Waals surface area contributed by atoms with Crippen molar-refractivity contribution in [3.05, 3.63) is 71.8 Å². The molecule has 4 rings (SSSR count). The van der Waals surface area contributed by atoms with Crippen LogP contribution in [0.3, 0.4) is 0 Å². The number of carbonyl (C=O) groups excluding carboxylic acids is 1. The Morgan fingerprint density at radius 1 is 0.964 bits per heavy atom. The Bertz CT molecular complexity index is 1150. The second-order valence-corrected chi connectivity index (χ2v) is 7.21. The van der Waals surface area contributed by atoms with Gasteiger partial charge < -0.3 is 13.9 Å². The SMILES string of the molecule is Cc1ccc(C(C)C)c(OCC(=O)Oc2ccc3oc4ccccc4c3c2)c1. The van der Waals surface area contributed by atoms with Crippen molar-refractivity contribution in [2.24, 2.45) is 0 Å². The van der Waals surface area contributed by atoms with Crippen LogP contribution in [0, 0.1) is 6.92 Å². The van der Waals surface area contributed by atoms with E-state index in [1.54, 1.807) is 6.07 Å². The predicted octanol–water partition coefficient (Wildman–Crippen LogP) is 6.00. The van der Waals surface area contributed by atoms with Gasteiger partial charge in [-0.15, -0.1) is 0 Å². The summed E-state index contributed by atoms with van der Waals surface area (Å²) in [6.45, 7) is 6.05. The molecule has 28 heavy (non-hydrogen) atoms. The van der Waals surface area contributed by atoms with Gasteiger partial charge in [-0.25, -0.2) is 4.79 Å². The van der Waals surface area contributed by atoms with Crippen LogP contribution in [0.15, 0.2) is 65.1 Å². The standard InChI is InChI=1S/C24H22O4/c1-15(2)18-10-8-16(3)12-23(18)26-14-24(25)27-17-9-11-22-20(13-17)19-6-4-5-7-21(19)28-22/h4-13,15H,14H2,1-3H3. The first-order chi connectivity index (χ1) is 13.5. The first kappa shape index (κ1) is 18.1. The summed E-state index contributed by atoms with van der Waals surface area (Å²) in [6.07, 6.45) is 0. The highest BCUT2D eigenvalue weighted by molar-refractivity contribution is 6.05. The number of ether oxygens (including phenoxy) is 2. The average Bonchev–Trinajstić information content (AvgIpc) is 3.04. The third-order valence-corrected chi connectivity index (χ3v) is 4.72. The van der Waals surface area contributed by atoms with Crippen molar-refractivity contribution in [2.45, 2.75) is 26.7 Å². The Morgan fingerprint density at radius 3 is 2.57 bits per heavy atom. The van der Waals surface area contributed by atoms with Crippen LogP contribution in [0.5, 0.6) is 11.5 Å². The van der Waals surface area contributed by atoms with Crippen LogP contribution in [0.1, 0.15) is 30.9 Å². The predicted molar refractivity (Wildman–Crippen MR) is 110 cm³/mol. The highest BCUT2D eigenvalue weighted by atomic mass is 16.6. The highest BCUT2D eigenvalue weighted by Gasteiger charge is 2.13. The van der Waals surface area contributed by atoms with E-state index in [0.717, 1.165) is 38.8 Å². The Labute approximate surface area is 163 Å². The number of para-hydroxylation sites is 1. The number of hydrogen-bond donors (Lipinski definition) is 0. The van der Waals surface area contributed by atoms with Gasteiger partial charge in [-0.1, -0.05) is 44.2 Å². The van der Waals surface area contributed by atoms with E-state index >= 15 is 0 Å². The summed E-state index contributed by atoms with van der Waals surface area (Å²) < 4.78 is 17.0. The Balaban J connectivity index is 1.50. The van der Waals surface area contributed by atoms with Crippen molar-refractivity contribution in [1.82, 2.24) is 0 Å². The minimum atomic E-state index is -0.441. The maximum Gasteiger partial charge on any atom is 0.349 e. The number of furan rings is 1. The molecule has 0 spiro atoms. The van der Waals surface area contributed by atoms with Crippen LogP contribution in [0.4, 0.5) is 0 Å². The summed E-state index contributed by atoms with van der Waals surface area (Å²) in [7, 11) is 0. The molecule has 0 aliphatic rings. The van der Waals surface area contributed by atoms with Gasteiger partial charge in [0.1, 0.15) is 22.7 Å².